The molecule has 1 aliphatic rings. The molecule has 0 aliphatic heterocycles. The molecule has 0 bridgehead atoms. The highest BCUT2D eigenvalue weighted by molar-refractivity contribution is 8.00. The molecule has 3 nitrogen and oxygen atoms in total. The largest absolute Gasteiger partial charge is 0.497 e. The Hall–Kier alpha value is -1.94. The number of methoxy groups -OCH3 is 1. The van der Waals surface area contributed by atoms with Crippen molar-refractivity contribution < 1.29 is 9.53 Å². The molecule has 0 saturated heterocycles. The zero-order chi connectivity index (χ0) is 15.4. The third-order valence-electron chi connectivity index (χ3n) is 3.56. The predicted molar refractivity (Wildman–Crippen MR) is 89.2 cm³/mol. The molecule has 2 aromatic rings. The molecule has 0 radical (unpaired) electrons. The van der Waals surface area contributed by atoms with Crippen LogP contribution < -0.4 is 10.1 Å². The molecule has 3 rings (SSSR count). The second-order valence-electron chi connectivity index (χ2n) is 5.37. The number of hydrogen-bond donors (Lipinski definition) is 1. The van der Waals surface area contributed by atoms with Gasteiger partial charge in [-0.15, -0.1) is 11.8 Å². The maximum atomic E-state index is 12.6. The Morgan fingerprint density at radius 2 is 1.95 bits per heavy atom. The van der Waals surface area contributed by atoms with E-state index in [0.29, 0.717) is 6.04 Å². The summed E-state index contributed by atoms with van der Waals surface area (Å²) >= 11 is 1.56. The number of amides is 1. The summed E-state index contributed by atoms with van der Waals surface area (Å²) in [6.07, 6.45) is 2.19. The van der Waals surface area contributed by atoms with Gasteiger partial charge < -0.3 is 10.1 Å². The summed E-state index contributed by atoms with van der Waals surface area (Å²) in [5.74, 6) is 0.890. The number of benzene rings is 2. The quantitative estimate of drug-likeness (QED) is 0.824. The van der Waals surface area contributed by atoms with Crippen LogP contribution in [0.3, 0.4) is 0 Å². The van der Waals surface area contributed by atoms with Gasteiger partial charge >= 0.3 is 0 Å². The lowest BCUT2D eigenvalue weighted by Gasteiger charge is -2.17. The van der Waals surface area contributed by atoms with Crippen molar-refractivity contribution in [2.45, 2.75) is 29.0 Å². The lowest BCUT2D eigenvalue weighted by atomic mass is 10.1. The number of carbonyl (C=O) groups is 1. The second-order valence-corrected chi connectivity index (χ2v) is 6.55. The van der Waals surface area contributed by atoms with Crippen LogP contribution in [0.2, 0.25) is 0 Å². The van der Waals surface area contributed by atoms with Gasteiger partial charge in [-0.25, -0.2) is 0 Å². The molecule has 1 fully saturated rings. The summed E-state index contributed by atoms with van der Waals surface area (Å²) in [5, 5.41) is 2.87. The van der Waals surface area contributed by atoms with Crippen molar-refractivity contribution >= 4 is 17.7 Å². The Bertz CT molecular complexity index is 641. The first-order valence-corrected chi connectivity index (χ1v) is 8.30. The van der Waals surface area contributed by atoms with Crippen LogP contribution in [-0.2, 0) is 4.79 Å². The molecule has 4 heteroatoms. The monoisotopic (exact) mass is 313 g/mol. The first-order valence-electron chi connectivity index (χ1n) is 7.42. The normalized spacial score (nSPS) is 15.1. The lowest BCUT2D eigenvalue weighted by molar-refractivity contribution is -0.120. The van der Waals surface area contributed by atoms with E-state index in [1.54, 1.807) is 18.9 Å². The Balaban J connectivity index is 1.82. The summed E-state index contributed by atoms with van der Waals surface area (Å²) in [7, 11) is 1.65. The average Bonchev–Trinajstić information content (AvgIpc) is 3.37. The minimum absolute atomic E-state index is 0.0847. The number of thioether (sulfide) groups is 1. The molecule has 1 unspecified atom stereocenters. The van der Waals surface area contributed by atoms with E-state index in [1.165, 1.54) is 0 Å². The van der Waals surface area contributed by atoms with E-state index in [2.05, 4.69) is 5.32 Å². The zero-order valence-electron chi connectivity index (χ0n) is 12.5. The van der Waals surface area contributed by atoms with Crippen LogP contribution in [0.15, 0.2) is 59.5 Å². The molecule has 1 atom stereocenters. The first kappa shape index (κ1) is 15.0. The molecule has 2 aromatic carbocycles. The average molecular weight is 313 g/mol. The van der Waals surface area contributed by atoms with E-state index in [4.69, 9.17) is 4.74 Å². The number of nitrogens with one attached hydrogen (secondary N) is 1. The minimum atomic E-state index is -0.242. The summed E-state index contributed by atoms with van der Waals surface area (Å²) in [6, 6.07) is 18.1. The fourth-order valence-corrected chi connectivity index (χ4v) is 3.30. The highest BCUT2D eigenvalue weighted by Gasteiger charge is 2.29. The zero-order valence-corrected chi connectivity index (χ0v) is 13.3. The number of hydrogen-bond acceptors (Lipinski definition) is 3. The molecular weight excluding hydrogens is 294 g/mol. The van der Waals surface area contributed by atoms with Crippen LogP contribution >= 0.6 is 11.8 Å². The van der Waals surface area contributed by atoms with E-state index in [-0.39, 0.29) is 11.2 Å². The van der Waals surface area contributed by atoms with Gasteiger partial charge in [0.25, 0.3) is 0 Å². The van der Waals surface area contributed by atoms with Crippen LogP contribution in [0.25, 0.3) is 0 Å². The predicted octanol–water partition coefficient (Wildman–Crippen LogP) is 3.81. The third-order valence-corrected chi connectivity index (χ3v) is 4.81. The van der Waals surface area contributed by atoms with Crippen molar-refractivity contribution in [1.29, 1.82) is 0 Å². The molecule has 1 amide bonds. The maximum absolute atomic E-state index is 12.6. The van der Waals surface area contributed by atoms with Crippen molar-refractivity contribution in [2.24, 2.45) is 0 Å². The van der Waals surface area contributed by atoms with Crippen LogP contribution in [0, 0.1) is 0 Å². The molecule has 22 heavy (non-hydrogen) atoms. The summed E-state index contributed by atoms with van der Waals surface area (Å²) in [4.78, 5) is 13.6. The highest BCUT2D eigenvalue weighted by atomic mass is 32.2. The molecular formula is C18H19NO2S. The Kier molecular flexibility index (Phi) is 4.68. The molecule has 1 aliphatic carbocycles. The first-order chi connectivity index (χ1) is 10.8. The van der Waals surface area contributed by atoms with Gasteiger partial charge in [-0.05, 0) is 36.6 Å². The van der Waals surface area contributed by atoms with Crippen LogP contribution in [0.1, 0.15) is 23.7 Å². The second kappa shape index (κ2) is 6.88. The standard InChI is InChI=1S/C18H19NO2S/c1-21-15-8-5-9-16(12-15)22-17(13-6-3-2-4-7-13)18(20)19-14-10-11-14/h2-9,12,14,17H,10-11H2,1H3,(H,19,20). The fraction of sp³-hybridized carbons (Fsp3) is 0.278. The van der Waals surface area contributed by atoms with E-state index >= 15 is 0 Å². The van der Waals surface area contributed by atoms with E-state index in [0.717, 1.165) is 29.1 Å². The molecule has 1 saturated carbocycles. The minimum Gasteiger partial charge on any atom is -0.497 e. The molecule has 0 spiro atoms. The van der Waals surface area contributed by atoms with Gasteiger partial charge in [-0.3, -0.25) is 4.79 Å². The highest BCUT2D eigenvalue weighted by Crippen LogP contribution is 2.37. The van der Waals surface area contributed by atoms with Gasteiger partial charge in [0.1, 0.15) is 11.0 Å². The number of ether oxygens (including phenoxy) is 1. The van der Waals surface area contributed by atoms with Gasteiger partial charge in [-0.2, -0.15) is 0 Å². The van der Waals surface area contributed by atoms with Crippen molar-refractivity contribution in [3.63, 3.8) is 0 Å². The Morgan fingerprint density at radius 3 is 2.64 bits per heavy atom. The molecule has 1 N–H and O–H groups in total. The van der Waals surface area contributed by atoms with Crippen LogP contribution in [0.5, 0.6) is 5.75 Å². The third kappa shape index (κ3) is 3.83. The molecule has 0 heterocycles. The Labute approximate surface area is 135 Å². The van der Waals surface area contributed by atoms with Gasteiger partial charge in [0.05, 0.1) is 7.11 Å². The van der Waals surface area contributed by atoms with Gasteiger partial charge in [0, 0.05) is 10.9 Å². The summed E-state index contributed by atoms with van der Waals surface area (Å²) in [5.41, 5.74) is 1.02. The summed E-state index contributed by atoms with van der Waals surface area (Å²) in [6.45, 7) is 0. The number of rotatable bonds is 6. The summed E-state index contributed by atoms with van der Waals surface area (Å²) < 4.78 is 5.26. The Morgan fingerprint density at radius 1 is 1.18 bits per heavy atom. The van der Waals surface area contributed by atoms with Crippen LogP contribution in [-0.4, -0.2) is 19.1 Å². The van der Waals surface area contributed by atoms with Crippen molar-refractivity contribution in [2.75, 3.05) is 7.11 Å². The van der Waals surface area contributed by atoms with Crippen molar-refractivity contribution in [3.05, 3.63) is 60.2 Å². The molecule has 0 aromatic heterocycles. The SMILES string of the molecule is COc1cccc(SC(C(=O)NC2CC2)c2ccccc2)c1. The fourth-order valence-electron chi connectivity index (χ4n) is 2.22. The van der Waals surface area contributed by atoms with E-state index in [1.807, 2.05) is 54.6 Å². The van der Waals surface area contributed by atoms with Gasteiger partial charge in [-0.1, -0.05) is 36.4 Å². The van der Waals surface area contributed by atoms with Gasteiger partial charge in [0.15, 0.2) is 0 Å². The molecule has 114 valence electrons. The van der Waals surface area contributed by atoms with E-state index in [9.17, 15) is 4.79 Å². The van der Waals surface area contributed by atoms with Crippen molar-refractivity contribution in [1.82, 2.24) is 5.32 Å². The topological polar surface area (TPSA) is 38.3 Å². The van der Waals surface area contributed by atoms with Crippen LogP contribution in [0.4, 0.5) is 0 Å². The maximum Gasteiger partial charge on any atom is 0.238 e. The van der Waals surface area contributed by atoms with Gasteiger partial charge in [0.2, 0.25) is 5.91 Å². The van der Waals surface area contributed by atoms with Crippen molar-refractivity contribution in [3.8, 4) is 5.75 Å². The number of carbonyl (C=O) groups excluding carboxylic acids is 1. The lowest BCUT2D eigenvalue weighted by Crippen LogP contribution is -2.29. The van der Waals surface area contributed by atoms with E-state index < -0.39 is 0 Å². The smallest absolute Gasteiger partial charge is 0.238 e.